The van der Waals surface area contributed by atoms with Gasteiger partial charge in [-0.05, 0) is 18.6 Å². The number of hydrogen-bond donors (Lipinski definition) is 1. The molecule has 0 aromatic heterocycles. The van der Waals surface area contributed by atoms with Crippen LogP contribution in [0.3, 0.4) is 0 Å². The molecule has 0 saturated carbocycles. The third-order valence-corrected chi connectivity index (χ3v) is 4.75. The molecule has 0 aliphatic carbocycles. The van der Waals surface area contributed by atoms with E-state index in [2.05, 4.69) is 10.4 Å². The largest absolute Gasteiger partial charge is 0.496 e. The number of nitrogens with one attached hydrogen (secondary N) is 1. The minimum atomic E-state index is -0.201. The number of hydrazone groups is 1. The maximum Gasteiger partial charge on any atom is 0.243 e. The molecule has 0 spiro atoms. The molecular weight excluding hydrogens is 354 g/mol. The Morgan fingerprint density at radius 3 is 2.57 bits per heavy atom. The summed E-state index contributed by atoms with van der Waals surface area (Å²) in [6.45, 7) is 2.46. The van der Waals surface area contributed by atoms with Crippen LogP contribution in [-0.4, -0.2) is 36.2 Å². The fraction of sp³-hybridized carbons (Fsp3) is 0.318. The molecular formula is C22H25N3O3. The molecule has 2 aromatic carbocycles. The summed E-state index contributed by atoms with van der Waals surface area (Å²) in [5.41, 5.74) is 2.84. The quantitative estimate of drug-likeness (QED) is 0.802. The van der Waals surface area contributed by atoms with Crippen LogP contribution >= 0.6 is 0 Å². The van der Waals surface area contributed by atoms with Crippen molar-refractivity contribution in [1.29, 1.82) is 0 Å². The Labute approximate surface area is 165 Å². The molecule has 6 nitrogen and oxygen atoms in total. The number of amides is 2. The summed E-state index contributed by atoms with van der Waals surface area (Å²) in [5.74, 6) is 0.426. The van der Waals surface area contributed by atoms with Crippen molar-refractivity contribution in [2.24, 2.45) is 5.10 Å². The van der Waals surface area contributed by atoms with Crippen LogP contribution < -0.4 is 10.1 Å². The molecule has 146 valence electrons. The van der Waals surface area contributed by atoms with Crippen LogP contribution in [0.25, 0.3) is 0 Å². The van der Waals surface area contributed by atoms with Crippen molar-refractivity contribution in [3.63, 3.8) is 0 Å². The van der Waals surface area contributed by atoms with Gasteiger partial charge in [-0.15, -0.1) is 0 Å². The van der Waals surface area contributed by atoms with E-state index in [1.165, 1.54) is 5.01 Å². The fourth-order valence-corrected chi connectivity index (χ4v) is 3.24. The number of ether oxygens (including phenoxy) is 1. The average Bonchev–Trinajstić information content (AvgIpc) is 3.23. The van der Waals surface area contributed by atoms with E-state index in [1.807, 2.05) is 61.5 Å². The first-order chi connectivity index (χ1) is 13.6. The van der Waals surface area contributed by atoms with E-state index in [0.29, 0.717) is 6.54 Å². The normalized spacial score (nSPS) is 14.4. The smallest absolute Gasteiger partial charge is 0.243 e. The lowest BCUT2D eigenvalue weighted by Crippen LogP contribution is -2.29. The summed E-state index contributed by atoms with van der Waals surface area (Å²) in [4.78, 5) is 24.7. The van der Waals surface area contributed by atoms with Gasteiger partial charge < -0.3 is 10.1 Å². The summed E-state index contributed by atoms with van der Waals surface area (Å²) in [7, 11) is 1.60. The molecule has 28 heavy (non-hydrogen) atoms. The predicted molar refractivity (Wildman–Crippen MR) is 108 cm³/mol. The Bertz CT molecular complexity index is 864. The zero-order chi connectivity index (χ0) is 19.9. The summed E-state index contributed by atoms with van der Waals surface area (Å²) >= 11 is 0. The van der Waals surface area contributed by atoms with Gasteiger partial charge in [-0.2, -0.15) is 5.10 Å². The zero-order valence-corrected chi connectivity index (χ0v) is 16.2. The molecule has 1 heterocycles. The number of para-hydroxylation sites is 1. The van der Waals surface area contributed by atoms with E-state index >= 15 is 0 Å². The number of nitrogens with zero attached hydrogens (tertiary/aromatic N) is 2. The van der Waals surface area contributed by atoms with Gasteiger partial charge in [-0.25, -0.2) is 5.01 Å². The van der Waals surface area contributed by atoms with Crippen molar-refractivity contribution >= 4 is 17.5 Å². The highest BCUT2D eigenvalue weighted by Gasteiger charge is 2.22. The first-order valence-corrected chi connectivity index (χ1v) is 9.44. The molecule has 6 heteroatoms. The third-order valence-electron chi connectivity index (χ3n) is 4.75. The third kappa shape index (κ3) is 4.76. The van der Waals surface area contributed by atoms with Crippen molar-refractivity contribution in [2.75, 3.05) is 13.7 Å². The highest BCUT2D eigenvalue weighted by atomic mass is 16.5. The molecule has 3 rings (SSSR count). The van der Waals surface area contributed by atoms with E-state index in [-0.39, 0.29) is 30.7 Å². The lowest BCUT2D eigenvalue weighted by Gasteiger charge is -2.17. The molecule has 1 atom stereocenters. The number of hydrogen-bond acceptors (Lipinski definition) is 4. The highest BCUT2D eigenvalue weighted by Crippen LogP contribution is 2.24. The van der Waals surface area contributed by atoms with Crippen LogP contribution in [-0.2, 0) is 9.59 Å². The second-order valence-electron chi connectivity index (χ2n) is 6.71. The lowest BCUT2D eigenvalue weighted by atomic mass is 10.1. The van der Waals surface area contributed by atoms with Crippen molar-refractivity contribution < 1.29 is 14.3 Å². The monoisotopic (exact) mass is 379 g/mol. The number of carbonyl (C=O) groups excluding carboxylic acids is 2. The molecule has 2 amide bonds. The van der Waals surface area contributed by atoms with Crippen molar-refractivity contribution in [2.45, 2.75) is 32.2 Å². The summed E-state index contributed by atoms with van der Waals surface area (Å²) in [6, 6.07) is 17.2. The van der Waals surface area contributed by atoms with Gasteiger partial charge in [-0.3, -0.25) is 9.59 Å². The molecule has 1 N–H and O–H groups in total. The Morgan fingerprint density at radius 1 is 1.11 bits per heavy atom. The van der Waals surface area contributed by atoms with Gasteiger partial charge in [0.15, 0.2) is 0 Å². The van der Waals surface area contributed by atoms with E-state index in [9.17, 15) is 9.59 Å². The van der Waals surface area contributed by atoms with Gasteiger partial charge in [0.25, 0.3) is 0 Å². The zero-order valence-electron chi connectivity index (χ0n) is 16.2. The second kappa shape index (κ2) is 9.17. The highest BCUT2D eigenvalue weighted by molar-refractivity contribution is 6.02. The topological polar surface area (TPSA) is 71.0 Å². The molecule has 1 aliphatic heterocycles. The summed E-state index contributed by atoms with van der Waals surface area (Å²) < 4.78 is 5.33. The minimum Gasteiger partial charge on any atom is -0.496 e. The molecule has 2 aromatic rings. The number of benzene rings is 2. The van der Waals surface area contributed by atoms with Crippen LogP contribution in [0.2, 0.25) is 0 Å². The minimum absolute atomic E-state index is 0.130. The average molecular weight is 379 g/mol. The number of rotatable bonds is 7. The van der Waals surface area contributed by atoms with Gasteiger partial charge in [0.2, 0.25) is 11.8 Å². The molecule has 0 fully saturated rings. The van der Waals surface area contributed by atoms with Gasteiger partial charge in [0.1, 0.15) is 5.75 Å². The van der Waals surface area contributed by atoms with Crippen LogP contribution in [0.1, 0.15) is 43.4 Å². The lowest BCUT2D eigenvalue weighted by molar-refractivity contribution is -0.133. The Balaban J connectivity index is 1.51. The SMILES string of the molecule is COc1ccccc1C(C)NC(=O)CCC(=O)N1CCC(c2ccccc2)=N1. The van der Waals surface area contributed by atoms with Gasteiger partial charge in [0.05, 0.1) is 25.4 Å². The van der Waals surface area contributed by atoms with Crippen LogP contribution in [0.4, 0.5) is 0 Å². The van der Waals surface area contributed by atoms with E-state index < -0.39 is 0 Å². The van der Waals surface area contributed by atoms with Crippen molar-refractivity contribution in [3.05, 3.63) is 65.7 Å². The number of carbonyl (C=O) groups is 2. The maximum absolute atomic E-state index is 12.4. The first-order valence-electron chi connectivity index (χ1n) is 9.44. The molecule has 1 unspecified atom stereocenters. The van der Waals surface area contributed by atoms with E-state index in [1.54, 1.807) is 7.11 Å². The molecule has 0 radical (unpaired) electrons. The van der Waals surface area contributed by atoms with Gasteiger partial charge >= 0.3 is 0 Å². The van der Waals surface area contributed by atoms with Crippen LogP contribution in [0.15, 0.2) is 59.7 Å². The van der Waals surface area contributed by atoms with Gasteiger partial charge in [-0.1, -0.05) is 48.5 Å². The predicted octanol–water partition coefficient (Wildman–Crippen LogP) is 3.29. The Hall–Kier alpha value is -3.15. The maximum atomic E-state index is 12.4. The Morgan fingerprint density at radius 2 is 1.82 bits per heavy atom. The van der Waals surface area contributed by atoms with E-state index in [4.69, 9.17) is 4.74 Å². The van der Waals surface area contributed by atoms with Crippen LogP contribution in [0, 0.1) is 0 Å². The fourth-order valence-electron chi connectivity index (χ4n) is 3.24. The second-order valence-corrected chi connectivity index (χ2v) is 6.71. The van der Waals surface area contributed by atoms with Crippen LogP contribution in [0.5, 0.6) is 5.75 Å². The molecule has 1 aliphatic rings. The van der Waals surface area contributed by atoms with Crippen molar-refractivity contribution in [1.82, 2.24) is 10.3 Å². The summed E-state index contributed by atoms with van der Waals surface area (Å²) in [6.07, 6.45) is 0.994. The molecule has 0 saturated heterocycles. The Kier molecular flexibility index (Phi) is 6.42. The summed E-state index contributed by atoms with van der Waals surface area (Å²) in [5, 5.41) is 8.82. The first kappa shape index (κ1) is 19.6. The number of methoxy groups -OCH3 is 1. The standard InChI is InChI=1S/C22H25N3O3/c1-16(18-10-6-7-11-20(18)28-2)23-21(26)12-13-22(27)25-15-14-19(24-25)17-8-4-3-5-9-17/h3-11,16H,12-15H2,1-2H3,(H,23,26). The van der Waals surface area contributed by atoms with Gasteiger partial charge in [0, 0.05) is 24.8 Å². The van der Waals surface area contributed by atoms with E-state index in [0.717, 1.165) is 29.0 Å². The molecule has 0 bridgehead atoms. The van der Waals surface area contributed by atoms with Crippen molar-refractivity contribution in [3.8, 4) is 5.75 Å².